The van der Waals surface area contributed by atoms with Gasteiger partial charge in [-0.2, -0.15) is 5.10 Å². The van der Waals surface area contributed by atoms with Gasteiger partial charge in [0.2, 0.25) is 5.91 Å². The van der Waals surface area contributed by atoms with Gasteiger partial charge in [0, 0.05) is 29.0 Å². The largest absolute Gasteiger partial charge is 0.311 e. The Kier molecular flexibility index (Phi) is 6.99. The molecule has 2 aromatic rings. The lowest BCUT2D eigenvalue weighted by Crippen LogP contribution is -2.17. The Hall–Kier alpha value is -1.46. The average Bonchev–Trinajstić information content (AvgIpc) is 2.92. The van der Waals surface area contributed by atoms with E-state index in [0.29, 0.717) is 12.3 Å². The van der Waals surface area contributed by atoms with Gasteiger partial charge < -0.3 is 5.32 Å². The summed E-state index contributed by atoms with van der Waals surface area (Å²) in [6.45, 7) is 5.05. The Morgan fingerprint density at radius 3 is 2.74 bits per heavy atom. The molecule has 0 unspecified atom stereocenters. The monoisotopic (exact) mass is 351 g/mol. The fourth-order valence-corrected chi connectivity index (χ4v) is 3.07. The molecule has 23 heavy (non-hydrogen) atoms. The minimum Gasteiger partial charge on any atom is -0.311 e. The number of thioether (sulfide) groups is 1. The average molecular weight is 352 g/mol. The molecule has 0 fully saturated rings. The minimum atomic E-state index is 0.0345. The second kappa shape index (κ2) is 8.99. The summed E-state index contributed by atoms with van der Waals surface area (Å²) in [5.41, 5.74) is 0. The molecule has 0 atom stereocenters. The van der Waals surface area contributed by atoms with Gasteiger partial charge in [0.1, 0.15) is 5.82 Å². The molecule has 6 heteroatoms. The highest BCUT2D eigenvalue weighted by atomic mass is 35.5. The maximum absolute atomic E-state index is 12.0. The van der Waals surface area contributed by atoms with Crippen molar-refractivity contribution in [3.63, 3.8) is 0 Å². The number of carbonyl (C=O) groups excluding carboxylic acids is 1. The maximum Gasteiger partial charge on any atom is 0.225 e. The van der Waals surface area contributed by atoms with Crippen molar-refractivity contribution in [1.82, 2.24) is 9.78 Å². The number of nitrogens with zero attached hydrogens (tertiary/aromatic N) is 2. The molecule has 1 N–H and O–H groups in total. The molecule has 0 radical (unpaired) electrons. The predicted octanol–water partition coefficient (Wildman–Crippen LogP) is 4.70. The molecule has 1 amide bonds. The third-order valence-electron chi connectivity index (χ3n) is 3.15. The van der Waals surface area contributed by atoms with E-state index in [2.05, 4.69) is 24.3 Å². The third-order valence-corrected chi connectivity index (χ3v) is 4.50. The molecule has 0 saturated carbocycles. The molecular formula is C17H22ClN3OS. The third kappa shape index (κ3) is 6.28. The summed E-state index contributed by atoms with van der Waals surface area (Å²) < 4.78 is 1.84. The number of benzene rings is 1. The lowest BCUT2D eigenvalue weighted by molar-refractivity contribution is -0.116. The molecule has 0 aliphatic carbocycles. The molecule has 0 aliphatic heterocycles. The van der Waals surface area contributed by atoms with Crippen molar-refractivity contribution in [2.45, 2.75) is 38.1 Å². The standard InChI is InChI=1S/C17H22ClN3OS/c1-13(2)12-21-16(9-10-19-21)20-17(22)4-3-11-23-15-7-5-14(18)6-8-15/h5-10,13H,3-4,11-12H2,1-2H3,(H,20,22). The number of rotatable bonds is 8. The Labute approximate surface area is 146 Å². The number of halogens is 1. The van der Waals surface area contributed by atoms with Crippen LogP contribution in [0.25, 0.3) is 0 Å². The van der Waals surface area contributed by atoms with Crippen molar-refractivity contribution < 1.29 is 4.79 Å². The Balaban J connectivity index is 1.71. The zero-order valence-electron chi connectivity index (χ0n) is 13.5. The highest BCUT2D eigenvalue weighted by molar-refractivity contribution is 7.99. The fraction of sp³-hybridized carbons (Fsp3) is 0.412. The number of amides is 1. The van der Waals surface area contributed by atoms with Crippen molar-refractivity contribution in [2.24, 2.45) is 5.92 Å². The van der Waals surface area contributed by atoms with E-state index in [1.165, 1.54) is 4.90 Å². The van der Waals surface area contributed by atoms with Crippen LogP contribution in [0.5, 0.6) is 0 Å². The van der Waals surface area contributed by atoms with Gasteiger partial charge in [0.05, 0.1) is 6.20 Å². The van der Waals surface area contributed by atoms with E-state index in [0.717, 1.165) is 29.6 Å². The summed E-state index contributed by atoms with van der Waals surface area (Å²) in [6.07, 6.45) is 3.05. The van der Waals surface area contributed by atoms with Crippen molar-refractivity contribution in [3.05, 3.63) is 41.6 Å². The number of hydrogen-bond donors (Lipinski definition) is 1. The van der Waals surface area contributed by atoms with Crippen LogP contribution in [0.15, 0.2) is 41.4 Å². The van der Waals surface area contributed by atoms with Crippen LogP contribution in [-0.4, -0.2) is 21.4 Å². The first-order valence-electron chi connectivity index (χ1n) is 7.74. The van der Waals surface area contributed by atoms with Gasteiger partial charge in [-0.25, -0.2) is 4.68 Å². The van der Waals surface area contributed by atoms with Crippen LogP contribution in [-0.2, 0) is 11.3 Å². The summed E-state index contributed by atoms with van der Waals surface area (Å²) in [6, 6.07) is 9.59. The second-order valence-corrected chi connectivity index (χ2v) is 7.35. The van der Waals surface area contributed by atoms with Crippen molar-refractivity contribution in [1.29, 1.82) is 0 Å². The van der Waals surface area contributed by atoms with E-state index < -0.39 is 0 Å². The number of anilines is 1. The van der Waals surface area contributed by atoms with Crippen molar-refractivity contribution in [2.75, 3.05) is 11.1 Å². The number of aromatic nitrogens is 2. The first kappa shape index (κ1) is 17.9. The summed E-state index contributed by atoms with van der Waals surface area (Å²) in [5.74, 6) is 2.20. The van der Waals surface area contributed by atoms with Gasteiger partial charge in [-0.3, -0.25) is 4.79 Å². The highest BCUT2D eigenvalue weighted by Gasteiger charge is 2.08. The van der Waals surface area contributed by atoms with E-state index in [1.807, 2.05) is 35.0 Å². The molecule has 124 valence electrons. The fourth-order valence-electron chi connectivity index (χ4n) is 2.09. The van der Waals surface area contributed by atoms with Crippen LogP contribution < -0.4 is 5.32 Å². The van der Waals surface area contributed by atoms with Crippen LogP contribution in [0.4, 0.5) is 5.82 Å². The predicted molar refractivity (Wildman–Crippen MR) is 97.1 cm³/mol. The zero-order valence-corrected chi connectivity index (χ0v) is 15.0. The van der Waals surface area contributed by atoms with Gasteiger partial charge in [-0.15, -0.1) is 11.8 Å². The second-order valence-electron chi connectivity index (χ2n) is 5.75. The van der Waals surface area contributed by atoms with Gasteiger partial charge in [-0.1, -0.05) is 25.4 Å². The van der Waals surface area contributed by atoms with Gasteiger partial charge in [0.25, 0.3) is 0 Å². The van der Waals surface area contributed by atoms with Gasteiger partial charge in [-0.05, 0) is 42.4 Å². The Morgan fingerprint density at radius 1 is 1.30 bits per heavy atom. The van der Waals surface area contributed by atoms with Crippen LogP contribution in [0, 0.1) is 5.92 Å². The molecule has 0 saturated heterocycles. The van der Waals surface area contributed by atoms with Crippen molar-refractivity contribution >= 4 is 35.1 Å². The van der Waals surface area contributed by atoms with Crippen LogP contribution in [0.2, 0.25) is 5.02 Å². The highest BCUT2D eigenvalue weighted by Crippen LogP contribution is 2.21. The maximum atomic E-state index is 12.0. The van der Waals surface area contributed by atoms with E-state index in [9.17, 15) is 4.79 Å². The van der Waals surface area contributed by atoms with E-state index in [4.69, 9.17) is 11.6 Å². The Morgan fingerprint density at radius 2 is 2.04 bits per heavy atom. The van der Waals surface area contributed by atoms with Crippen LogP contribution in [0.3, 0.4) is 0 Å². The molecule has 0 bridgehead atoms. The molecule has 0 spiro atoms. The molecule has 2 rings (SSSR count). The SMILES string of the molecule is CC(C)Cn1nccc1NC(=O)CCCSc1ccc(Cl)cc1. The summed E-state index contributed by atoms with van der Waals surface area (Å²) in [5, 5.41) is 7.92. The lowest BCUT2D eigenvalue weighted by atomic mass is 10.2. The van der Waals surface area contributed by atoms with Crippen LogP contribution in [0.1, 0.15) is 26.7 Å². The van der Waals surface area contributed by atoms with E-state index in [1.54, 1.807) is 18.0 Å². The molecule has 0 aliphatic rings. The topological polar surface area (TPSA) is 46.9 Å². The summed E-state index contributed by atoms with van der Waals surface area (Å²) in [4.78, 5) is 13.2. The molecular weight excluding hydrogens is 330 g/mol. The van der Waals surface area contributed by atoms with E-state index in [-0.39, 0.29) is 5.91 Å². The normalized spacial score (nSPS) is 11.0. The Bertz CT molecular complexity index is 625. The molecule has 1 aromatic heterocycles. The van der Waals surface area contributed by atoms with Crippen molar-refractivity contribution in [3.8, 4) is 0 Å². The number of nitrogens with one attached hydrogen (secondary N) is 1. The van der Waals surface area contributed by atoms with Gasteiger partial charge >= 0.3 is 0 Å². The quantitative estimate of drug-likeness (QED) is 0.553. The van der Waals surface area contributed by atoms with Crippen LogP contribution >= 0.6 is 23.4 Å². The number of carbonyl (C=O) groups is 1. The summed E-state index contributed by atoms with van der Waals surface area (Å²) in [7, 11) is 0. The zero-order chi connectivity index (χ0) is 16.7. The smallest absolute Gasteiger partial charge is 0.225 e. The molecule has 4 nitrogen and oxygen atoms in total. The minimum absolute atomic E-state index is 0.0345. The molecule has 1 heterocycles. The van der Waals surface area contributed by atoms with E-state index >= 15 is 0 Å². The molecule has 1 aromatic carbocycles. The number of hydrogen-bond acceptors (Lipinski definition) is 3. The summed E-state index contributed by atoms with van der Waals surface area (Å²) >= 11 is 7.59. The lowest BCUT2D eigenvalue weighted by Gasteiger charge is -2.10. The first-order chi connectivity index (χ1) is 11.0. The van der Waals surface area contributed by atoms with Gasteiger partial charge in [0.15, 0.2) is 0 Å². The first-order valence-corrected chi connectivity index (χ1v) is 9.11.